The topological polar surface area (TPSA) is 75.7 Å². The Labute approximate surface area is 172 Å². The van der Waals surface area contributed by atoms with Crippen molar-refractivity contribution in [3.05, 3.63) is 0 Å². The first-order valence-electron chi connectivity index (χ1n) is 7.74. The van der Waals surface area contributed by atoms with Gasteiger partial charge in [-0.3, -0.25) is 4.18 Å². The average Bonchev–Trinajstić information content (AvgIpc) is 2.44. The van der Waals surface area contributed by atoms with Crippen molar-refractivity contribution in [2.75, 3.05) is 19.8 Å². The van der Waals surface area contributed by atoms with Crippen molar-refractivity contribution in [3.63, 3.8) is 0 Å². The summed E-state index contributed by atoms with van der Waals surface area (Å²) in [5.74, 6) is 0. The van der Waals surface area contributed by atoms with E-state index in [9.17, 15) is 13.0 Å². The molecule has 1 aliphatic rings. The zero-order chi connectivity index (χ0) is 15.1. The van der Waals surface area contributed by atoms with Crippen LogP contribution in [-0.4, -0.2) is 32.8 Å². The largest absolute Gasteiger partial charge is 1.00 e. The van der Waals surface area contributed by atoms with E-state index in [1.54, 1.807) is 0 Å². The zero-order valence-electron chi connectivity index (χ0n) is 13.6. The Morgan fingerprint density at radius 3 is 1.76 bits per heavy atom. The molecule has 0 bridgehead atoms. The molecule has 1 aliphatic heterocycles. The molecule has 0 aromatic heterocycles. The molecule has 0 aliphatic carbocycles. The van der Waals surface area contributed by atoms with E-state index >= 15 is 0 Å². The van der Waals surface area contributed by atoms with Crippen molar-refractivity contribution in [2.24, 2.45) is 0 Å². The quantitative estimate of drug-likeness (QED) is 0.318. The maximum Gasteiger partial charge on any atom is 1.00 e. The van der Waals surface area contributed by atoms with Gasteiger partial charge in [-0.15, -0.1) is 0 Å². The first kappa shape index (κ1) is 24.7. The predicted octanol–water partition coefficient (Wildman–Crippen LogP) is 0.405. The average molecular weight is 349 g/mol. The molecule has 7 heteroatoms. The fourth-order valence-corrected chi connectivity index (χ4v) is 2.20. The van der Waals surface area contributed by atoms with E-state index in [1.807, 2.05) is 6.92 Å². The minimum Gasteiger partial charge on any atom is -0.726 e. The first-order chi connectivity index (χ1) is 9.56. The molecule has 0 amide bonds. The summed E-state index contributed by atoms with van der Waals surface area (Å²) in [4.78, 5) is 0. The molecule has 21 heavy (non-hydrogen) atoms. The summed E-state index contributed by atoms with van der Waals surface area (Å²) >= 11 is 0. The van der Waals surface area contributed by atoms with Crippen LogP contribution in [0.15, 0.2) is 0 Å². The van der Waals surface area contributed by atoms with Gasteiger partial charge in [-0.2, -0.15) is 0 Å². The molecule has 1 heterocycles. The molecule has 1 fully saturated rings. The number of hydrogen-bond donors (Lipinski definition) is 0. The van der Waals surface area contributed by atoms with Gasteiger partial charge in [0, 0.05) is 13.2 Å². The number of unbranched alkanes of at least 4 members (excludes halogenated alkanes) is 1. The third-order valence-electron chi connectivity index (χ3n) is 3.05. The summed E-state index contributed by atoms with van der Waals surface area (Å²) in [5.41, 5.74) is 0. The summed E-state index contributed by atoms with van der Waals surface area (Å²) in [5, 5.41) is 0. The molecule has 122 valence electrons. The molecule has 0 aromatic rings. The fraction of sp³-hybridized carbons (Fsp3) is 1.00. The van der Waals surface area contributed by atoms with Crippen LogP contribution in [0.4, 0.5) is 0 Å². The van der Waals surface area contributed by atoms with Crippen LogP contribution in [0, 0.1) is 0 Å². The molecule has 5 nitrogen and oxygen atoms in total. The second kappa shape index (κ2) is 17.8. The first-order valence-corrected chi connectivity index (χ1v) is 9.07. The maximum atomic E-state index is 9.73. The SMILES string of the molecule is C1CCCCCOCCCC1.CCCCOS(=O)(=O)[O-].[K+]. The molecule has 0 unspecified atom stereocenters. The van der Waals surface area contributed by atoms with Gasteiger partial charge in [0.15, 0.2) is 0 Å². The molecule has 0 N–H and O–H groups in total. The van der Waals surface area contributed by atoms with Crippen LogP contribution in [0.25, 0.3) is 0 Å². The third kappa shape index (κ3) is 23.9. The monoisotopic (exact) mass is 348 g/mol. The summed E-state index contributed by atoms with van der Waals surface area (Å²) in [6, 6.07) is 0. The van der Waals surface area contributed by atoms with E-state index in [0.717, 1.165) is 19.6 Å². The Morgan fingerprint density at radius 1 is 0.952 bits per heavy atom. The van der Waals surface area contributed by atoms with Crippen LogP contribution < -0.4 is 51.4 Å². The molecule has 0 atom stereocenters. The van der Waals surface area contributed by atoms with Gasteiger partial charge in [0.2, 0.25) is 10.4 Å². The molecule has 0 spiro atoms. The fourth-order valence-electron chi connectivity index (χ4n) is 1.88. The van der Waals surface area contributed by atoms with Crippen LogP contribution in [0.2, 0.25) is 0 Å². The minimum atomic E-state index is -4.45. The Kier molecular flexibility index (Phi) is 21.0. The van der Waals surface area contributed by atoms with E-state index in [0.29, 0.717) is 6.42 Å². The van der Waals surface area contributed by atoms with Crippen LogP contribution >= 0.6 is 0 Å². The van der Waals surface area contributed by atoms with Gasteiger partial charge in [-0.25, -0.2) is 8.42 Å². The van der Waals surface area contributed by atoms with Crippen LogP contribution in [0.3, 0.4) is 0 Å². The van der Waals surface area contributed by atoms with Crippen molar-refractivity contribution in [3.8, 4) is 0 Å². The van der Waals surface area contributed by atoms with Crippen LogP contribution in [-0.2, 0) is 19.3 Å². The molecule has 1 saturated heterocycles. The standard InChI is InChI=1S/C10H20O.C4H10O4S.K/c1-2-4-6-8-10-11-9-7-5-3-1;1-2-3-4-8-9(5,6)7;/h1-10H2;2-4H2,1H3,(H,5,6,7);/q;;+1/p-1. The van der Waals surface area contributed by atoms with E-state index in [2.05, 4.69) is 4.18 Å². The van der Waals surface area contributed by atoms with Crippen molar-refractivity contribution in [2.45, 2.75) is 71.1 Å². The Bertz CT molecular complexity index is 258. The molecule has 0 aromatic carbocycles. The van der Waals surface area contributed by atoms with Gasteiger partial charge < -0.3 is 9.29 Å². The van der Waals surface area contributed by atoms with Gasteiger partial charge in [0.05, 0.1) is 6.61 Å². The summed E-state index contributed by atoms with van der Waals surface area (Å²) < 4.78 is 38.5. The maximum absolute atomic E-state index is 9.73. The molecule has 0 radical (unpaired) electrons. The van der Waals surface area contributed by atoms with Crippen LogP contribution in [0.5, 0.6) is 0 Å². The van der Waals surface area contributed by atoms with Gasteiger partial charge in [0.1, 0.15) is 0 Å². The Hall–Kier alpha value is 1.47. The number of rotatable bonds is 4. The normalized spacial score (nSPS) is 17.6. The van der Waals surface area contributed by atoms with Gasteiger partial charge >= 0.3 is 51.4 Å². The van der Waals surface area contributed by atoms with Crippen molar-refractivity contribution >= 4 is 10.4 Å². The molecule has 1 rings (SSSR count). The summed E-state index contributed by atoms with van der Waals surface area (Å²) in [6.07, 6.45) is 12.4. The molecule has 0 saturated carbocycles. The van der Waals surface area contributed by atoms with Crippen LogP contribution in [0.1, 0.15) is 71.1 Å². The van der Waals surface area contributed by atoms with Crippen molar-refractivity contribution in [1.29, 1.82) is 0 Å². The molecular weight excluding hydrogens is 319 g/mol. The smallest absolute Gasteiger partial charge is 0.726 e. The summed E-state index contributed by atoms with van der Waals surface area (Å²) in [7, 11) is -4.45. The second-order valence-electron chi connectivity index (χ2n) is 5.02. The second-order valence-corrected chi connectivity index (χ2v) is 6.08. The van der Waals surface area contributed by atoms with E-state index in [4.69, 9.17) is 4.74 Å². The van der Waals surface area contributed by atoms with E-state index < -0.39 is 10.4 Å². The van der Waals surface area contributed by atoms with E-state index in [-0.39, 0.29) is 58.0 Å². The zero-order valence-corrected chi connectivity index (χ0v) is 17.6. The third-order valence-corrected chi connectivity index (χ3v) is 3.51. The Balaban J connectivity index is 0. The van der Waals surface area contributed by atoms with Gasteiger partial charge in [-0.1, -0.05) is 51.9 Å². The molecular formula is C14H29KO5S. The number of ether oxygens (including phenoxy) is 1. The van der Waals surface area contributed by atoms with Gasteiger partial charge in [0.25, 0.3) is 0 Å². The number of hydrogen-bond acceptors (Lipinski definition) is 5. The Morgan fingerprint density at radius 2 is 1.38 bits per heavy atom. The minimum absolute atomic E-state index is 0. The predicted molar refractivity (Wildman–Crippen MR) is 78.3 cm³/mol. The van der Waals surface area contributed by atoms with E-state index in [1.165, 1.54) is 51.4 Å². The van der Waals surface area contributed by atoms with Gasteiger partial charge in [-0.05, 0) is 19.3 Å². The van der Waals surface area contributed by atoms with Crippen molar-refractivity contribution in [1.82, 2.24) is 0 Å². The summed E-state index contributed by atoms with van der Waals surface area (Å²) in [6.45, 7) is 3.88. The van der Waals surface area contributed by atoms with Crippen molar-refractivity contribution < 1.29 is 73.3 Å².